The minimum Gasteiger partial charge on any atom is -0.352 e. The molecule has 1 amide bonds. The fourth-order valence-electron chi connectivity index (χ4n) is 3.36. The Bertz CT molecular complexity index is 1270. The average Bonchev–Trinajstić information content (AvgIpc) is 2.80. The number of rotatable bonds is 7. The number of pyridine rings is 1. The van der Waals surface area contributed by atoms with Crippen LogP contribution < -0.4 is 10.9 Å². The molecule has 0 fully saturated rings. The molecule has 1 N–H and O–H groups in total. The molecule has 31 heavy (non-hydrogen) atoms. The molecule has 0 bridgehead atoms. The van der Waals surface area contributed by atoms with Gasteiger partial charge in [-0.25, -0.2) is 9.97 Å². The van der Waals surface area contributed by atoms with Crippen LogP contribution >= 0.6 is 11.6 Å². The van der Waals surface area contributed by atoms with Gasteiger partial charge in [-0.1, -0.05) is 60.1 Å². The summed E-state index contributed by atoms with van der Waals surface area (Å²) in [5, 5.41) is 3.92. The van der Waals surface area contributed by atoms with E-state index >= 15 is 0 Å². The molecule has 2 aromatic heterocycles. The molecule has 4 aromatic rings. The number of hydrogen-bond donors (Lipinski definition) is 1. The summed E-state index contributed by atoms with van der Waals surface area (Å²) < 4.78 is 1.58. The quantitative estimate of drug-likeness (QED) is 0.482. The zero-order valence-corrected chi connectivity index (χ0v) is 17.5. The van der Waals surface area contributed by atoms with Crippen molar-refractivity contribution >= 4 is 28.5 Å². The van der Waals surface area contributed by atoms with Gasteiger partial charge in [0.25, 0.3) is 5.56 Å². The van der Waals surface area contributed by atoms with E-state index in [1.54, 1.807) is 29.0 Å². The Hall–Kier alpha value is -3.51. The maximum atomic E-state index is 13.2. The Morgan fingerprint density at radius 3 is 2.58 bits per heavy atom. The first-order valence-corrected chi connectivity index (χ1v) is 10.4. The number of aryl methyl sites for hydroxylation is 1. The van der Waals surface area contributed by atoms with Gasteiger partial charge in [-0.2, -0.15) is 0 Å². The number of fused-ring (bicyclic) bond motifs is 1. The van der Waals surface area contributed by atoms with Crippen LogP contribution in [0.1, 0.15) is 23.4 Å². The Kier molecular flexibility index (Phi) is 6.38. The summed E-state index contributed by atoms with van der Waals surface area (Å²) in [6.45, 7) is 0.732. The molecule has 2 heterocycles. The van der Waals surface area contributed by atoms with E-state index in [0.717, 1.165) is 11.1 Å². The highest BCUT2D eigenvalue weighted by Crippen LogP contribution is 2.17. The van der Waals surface area contributed by atoms with Gasteiger partial charge in [-0.05, 0) is 29.3 Å². The van der Waals surface area contributed by atoms with E-state index in [4.69, 9.17) is 11.6 Å². The first-order valence-electron chi connectivity index (χ1n) is 10.0. The van der Waals surface area contributed by atoms with Gasteiger partial charge >= 0.3 is 0 Å². The normalized spacial score (nSPS) is 10.9. The summed E-state index contributed by atoms with van der Waals surface area (Å²) in [6.07, 6.45) is 2.12. The molecule has 0 aliphatic carbocycles. The highest BCUT2D eigenvalue weighted by Gasteiger charge is 2.14. The fourth-order valence-corrected chi connectivity index (χ4v) is 3.55. The zero-order chi connectivity index (χ0) is 21.6. The number of benzene rings is 2. The number of halogens is 1. The average molecular weight is 433 g/mol. The van der Waals surface area contributed by atoms with Gasteiger partial charge in [0, 0.05) is 30.6 Å². The van der Waals surface area contributed by atoms with Crippen molar-refractivity contribution in [1.82, 2.24) is 19.9 Å². The van der Waals surface area contributed by atoms with Gasteiger partial charge in [0.15, 0.2) is 5.65 Å². The predicted molar refractivity (Wildman–Crippen MR) is 121 cm³/mol. The number of aromatic nitrogens is 3. The molecular weight excluding hydrogens is 412 g/mol. The smallest absolute Gasteiger partial charge is 0.263 e. The maximum absolute atomic E-state index is 13.2. The number of hydrogen-bond acceptors (Lipinski definition) is 4. The standard InChI is InChI=1S/C24H21ClN4O2/c25-20-11-5-4-9-18(20)16-29-21(28-23-19(24(29)31)10-6-14-26-23)12-13-22(30)27-15-17-7-2-1-3-8-17/h1-11,14H,12-13,15-16H2,(H,27,30). The van der Waals surface area contributed by atoms with Crippen molar-refractivity contribution in [2.45, 2.75) is 25.9 Å². The van der Waals surface area contributed by atoms with Crippen molar-refractivity contribution in [3.63, 3.8) is 0 Å². The van der Waals surface area contributed by atoms with Gasteiger partial charge in [0.05, 0.1) is 11.9 Å². The third-order valence-electron chi connectivity index (χ3n) is 5.00. The predicted octanol–water partition coefficient (Wildman–Crippen LogP) is 3.74. The van der Waals surface area contributed by atoms with Gasteiger partial charge < -0.3 is 5.32 Å². The molecule has 156 valence electrons. The van der Waals surface area contributed by atoms with E-state index in [1.165, 1.54) is 0 Å². The van der Waals surface area contributed by atoms with E-state index in [9.17, 15) is 9.59 Å². The van der Waals surface area contributed by atoms with Gasteiger partial charge in [-0.3, -0.25) is 14.2 Å². The molecule has 0 unspecified atom stereocenters. The summed E-state index contributed by atoms with van der Waals surface area (Å²) in [5.74, 6) is 0.398. The van der Waals surface area contributed by atoms with Crippen molar-refractivity contribution in [2.75, 3.05) is 0 Å². The molecule has 0 aliphatic heterocycles. The summed E-state index contributed by atoms with van der Waals surface area (Å²) in [4.78, 5) is 34.4. The lowest BCUT2D eigenvalue weighted by Gasteiger charge is -2.14. The lowest BCUT2D eigenvalue weighted by atomic mass is 10.2. The first kappa shape index (κ1) is 20.8. The second-order valence-corrected chi connectivity index (χ2v) is 7.55. The van der Waals surface area contributed by atoms with Crippen LogP contribution in [0, 0.1) is 0 Å². The molecule has 4 rings (SSSR count). The van der Waals surface area contributed by atoms with Crippen LogP contribution in [0.5, 0.6) is 0 Å². The van der Waals surface area contributed by atoms with Crippen molar-refractivity contribution in [3.8, 4) is 0 Å². The Labute approximate surface area is 184 Å². The van der Waals surface area contributed by atoms with E-state index in [0.29, 0.717) is 34.8 Å². The molecule has 0 radical (unpaired) electrons. The first-order chi connectivity index (χ1) is 15.1. The van der Waals surface area contributed by atoms with Crippen molar-refractivity contribution < 1.29 is 4.79 Å². The minimum absolute atomic E-state index is 0.108. The molecule has 0 spiro atoms. The monoisotopic (exact) mass is 432 g/mol. The van der Waals surface area contributed by atoms with Crippen LogP contribution in [0.25, 0.3) is 11.0 Å². The second kappa shape index (κ2) is 9.53. The van der Waals surface area contributed by atoms with Gasteiger partial charge in [0.1, 0.15) is 5.82 Å². The van der Waals surface area contributed by atoms with E-state index in [-0.39, 0.29) is 24.4 Å². The van der Waals surface area contributed by atoms with Crippen molar-refractivity contribution in [1.29, 1.82) is 0 Å². The molecule has 6 nitrogen and oxygen atoms in total. The number of nitrogens with zero attached hydrogens (tertiary/aromatic N) is 3. The summed E-state index contributed by atoms with van der Waals surface area (Å²) >= 11 is 6.31. The zero-order valence-electron chi connectivity index (χ0n) is 16.8. The molecule has 0 saturated heterocycles. The summed E-state index contributed by atoms with van der Waals surface area (Å²) in [6, 6.07) is 20.5. The lowest BCUT2D eigenvalue weighted by Crippen LogP contribution is -2.28. The minimum atomic E-state index is -0.197. The third kappa shape index (κ3) is 4.98. The Morgan fingerprint density at radius 2 is 1.77 bits per heavy atom. The molecule has 0 saturated carbocycles. The molecule has 0 atom stereocenters. The van der Waals surface area contributed by atoms with Crippen LogP contribution in [0.3, 0.4) is 0 Å². The van der Waals surface area contributed by atoms with Crippen molar-refractivity contribution in [3.05, 3.63) is 105 Å². The number of nitrogens with one attached hydrogen (secondary N) is 1. The number of carbonyl (C=O) groups is 1. The summed E-state index contributed by atoms with van der Waals surface area (Å²) in [5.41, 5.74) is 2.02. The number of amides is 1. The second-order valence-electron chi connectivity index (χ2n) is 7.15. The molecule has 0 aliphatic rings. The van der Waals surface area contributed by atoms with E-state index in [1.807, 2.05) is 48.5 Å². The fraction of sp³-hybridized carbons (Fsp3) is 0.167. The maximum Gasteiger partial charge on any atom is 0.263 e. The Morgan fingerprint density at radius 1 is 1.00 bits per heavy atom. The molecule has 7 heteroatoms. The van der Waals surface area contributed by atoms with Gasteiger partial charge in [0.2, 0.25) is 5.91 Å². The largest absolute Gasteiger partial charge is 0.352 e. The molecule has 2 aromatic carbocycles. The lowest BCUT2D eigenvalue weighted by molar-refractivity contribution is -0.121. The highest BCUT2D eigenvalue weighted by atomic mass is 35.5. The van der Waals surface area contributed by atoms with Crippen LogP contribution in [0.2, 0.25) is 5.02 Å². The van der Waals surface area contributed by atoms with Crippen molar-refractivity contribution in [2.24, 2.45) is 0 Å². The van der Waals surface area contributed by atoms with Crippen LogP contribution in [-0.2, 0) is 24.3 Å². The topological polar surface area (TPSA) is 76.9 Å². The SMILES string of the molecule is O=C(CCc1nc2ncccc2c(=O)n1Cc1ccccc1Cl)NCc1ccccc1. The van der Waals surface area contributed by atoms with Crippen LogP contribution in [-0.4, -0.2) is 20.4 Å². The van der Waals surface area contributed by atoms with E-state index in [2.05, 4.69) is 15.3 Å². The van der Waals surface area contributed by atoms with Gasteiger partial charge in [-0.15, -0.1) is 0 Å². The highest BCUT2D eigenvalue weighted by molar-refractivity contribution is 6.31. The molecular formula is C24H21ClN4O2. The number of carbonyl (C=O) groups excluding carboxylic acids is 1. The van der Waals surface area contributed by atoms with Crippen LogP contribution in [0.4, 0.5) is 0 Å². The van der Waals surface area contributed by atoms with Crippen LogP contribution in [0.15, 0.2) is 77.7 Å². The third-order valence-corrected chi connectivity index (χ3v) is 5.37. The Balaban J connectivity index is 1.57. The van der Waals surface area contributed by atoms with E-state index < -0.39 is 0 Å². The summed E-state index contributed by atoms with van der Waals surface area (Å²) in [7, 11) is 0.